The summed E-state index contributed by atoms with van der Waals surface area (Å²) in [7, 11) is 0. The van der Waals surface area contributed by atoms with Gasteiger partial charge in [-0.1, -0.05) is 12.1 Å². The average molecular weight is 485 g/mol. The first kappa shape index (κ1) is 18.3. The van der Waals surface area contributed by atoms with Crippen molar-refractivity contribution in [1.29, 1.82) is 0 Å². The van der Waals surface area contributed by atoms with Gasteiger partial charge in [-0.25, -0.2) is 0 Å². The molecule has 1 aliphatic carbocycles. The van der Waals surface area contributed by atoms with Crippen molar-refractivity contribution in [1.82, 2.24) is 5.32 Å². The molecule has 0 spiro atoms. The van der Waals surface area contributed by atoms with Crippen molar-refractivity contribution in [2.24, 2.45) is 5.73 Å². The molecule has 0 unspecified atom stereocenters. The molecule has 1 heterocycles. The van der Waals surface area contributed by atoms with Gasteiger partial charge >= 0.3 is 0 Å². The molecule has 0 fully saturated rings. The fourth-order valence-electron chi connectivity index (χ4n) is 2.86. The first-order valence-corrected chi connectivity index (χ1v) is 10.1. The zero-order valence-corrected chi connectivity index (χ0v) is 17.0. The Morgan fingerprint density at radius 1 is 1.20 bits per heavy atom. The van der Waals surface area contributed by atoms with Crippen LogP contribution >= 0.6 is 46.1 Å². The van der Waals surface area contributed by atoms with E-state index in [-0.39, 0.29) is 11.0 Å². The van der Waals surface area contributed by atoms with Crippen LogP contribution in [0.25, 0.3) is 0 Å². The van der Waals surface area contributed by atoms with Gasteiger partial charge in [0, 0.05) is 8.45 Å². The van der Waals surface area contributed by atoms with Gasteiger partial charge in [0.25, 0.3) is 11.8 Å². The quantitative estimate of drug-likeness (QED) is 0.460. The molecule has 1 aliphatic rings. The molecule has 0 saturated carbocycles. The van der Waals surface area contributed by atoms with E-state index in [0.717, 1.165) is 34.8 Å². The molecule has 1 aromatic heterocycles. The maximum atomic E-state index is 12.3. The van der Waals surface area contributed by atoms with Gasteiger partial charge in [-0.05, 0) is 78.2 Å². The number of nitrogens with two attached hydrogens (primary N) is 1. The van der Waals surface area contributed by atoms with Crippen molar-refractivity contribution in [3.8, 4) is 0 Å². The maximum Gasteiger partial charge on any atom is 0.258 e. The van der Waals surface area contributed by atoms with E-state index in [0.29, 0.717) is 16.1 Å². The Labute approximate surface area is 168 Å². The highest BCUT2D eigenvalue weighted by molar-refractivity contribution is 14.1. The molecule has 0 radical (unpaired) electrons. The number of amides is 2. The number of carbonyl (C=O) groups excluding carboxylic acids is 2. The molecule has 130 valence electrons. The fourth-order valence-corrected chi connectivity index (χ4v) is 5.06. The van der Waals surface area contributed by atoms with Crippen molar-refractivity contribution in [2.45, 2.75) is 25.7 Å². The monoisotopic (exact) mass is 485 g/mol. The number of benzene rings is 1. The smallest absolute Gasteiger partial charge is 0.258 e. The number of hydrogen-bond donors (Lipinski definition) is 3. The first-order chi connectivity index (χ1) is 12.0. The van der Waals surface area contributed by atoms with Crippen LogP contribution in [0.4, 0.5) is 5.00 Å². The average Bonchev–Trinajstić information content (AvgIpc) is 2.92. The second-order valence-corrected chi connectivity index (χ2v) is 8.34. The van der Waals surface area contributed by atoms with Crippen LogP contribution in [0.5, 0.6) is 0 Å². The highest BCUT2D eigenvalue weighted by Crippen LogP contribution is 2.37. The third-order valence-electron chi connectivity index (χ3n) is 3.99. The molecule has 2 aromatic rings. The standard InChI is InChI=1S/C17H16IN3O2S2/c18-11-7-3-1-5-9(11)15(23)20-17(24)21-16-13(14(19)22)10-6-2-4-8-12(10)25-16/h1,3,5,7H,2,4,6,8H2,(H2,19,22)(H2,20,21,23,24). The summed E-state index contributed by atoms with van der Waals surface area (Å²) < 4.78 is 0.838. The lowest BCUT2D eigenvalue weighted by atomic mass is 9.95. The minimum Gasteiger partial charge on any atom is -0.365 e. The molecular weight excluding hydrogens is 469 g/mol. The van der Waals surface area contributed by atoms with Gasteiger partial charge < -0.3 is 11.1 Å². The van der Waals surface area contributed by atoms with Gasteiger partial charge in [0.15, 0.2) is 5.11 Å². The van der Waals surface area contributed by atoms with Crippen molar-refractivity contribution in [3.05, 3.63) is 49.4 Å². The van der Waals surface area contributed by atoms with Gasteiger partial charge in [-0.15, -0.1) is 11.3 Å². The van der Waals surface area contributed by atoms with E-state index >= 15 is 0 Å². The summed E-state index contributed by atoms with van der Waals surface area (Å²) in [5.74, 6) is -0.752. The molecule has 8 heteroatoms. The molecule has 0 atom stereocenters. The lowest BCUT2D eigenvalue weighted by molar-refractivity contribution is 0.0974. The Bertz CT molecular complexity index is 864. The van der Waals surface area contributed by atoms with Crippen molar-refractivity contribution >= 4 is 68.1 Å². The number of fused-ring (bicyclic) bond motifs is 1. The van der Waals surface area contributed by atoms with Crippen LogP contribution in [0, 0.1) is 3.57 Å². The number of halogens is 1. The second kappa shape index (κ2) is 7.79. The summed E-state index contributed by atoms with van der Waals surface area (Å²) in [6.07, 6.45) is 3.96. The maximum absolute atomic E-state index is 12.3. The molecule has 4 N–H and O–H groups in total. The number of anilines is 1. The highest BCUT2D eigenvalue weighted by atomic mass is 127. The minimum absolute atomic E-state index is 0.158. The van der Waals surface area contributed by atoms with Crippen LogP contribution in [-0.4, -0.2) is 16.9 Å². The van der Waals surface area contributed by atoms with Crippen molar-refractivity contribution in [3.63, 3.8) is 0 Å². The fraction of sp³-hybridized carbons (Fsp3) is 0.235. The van der Waals surface area contributed by atoms with Crippen LogP contribution < -0.4 is 16.4 Å². The predicted octanol–water partition coefficient (Wildman–Crippen LogP) is 3.46. The zero-order chi connectivity index (χ0) is 18.0. The normalized spacial score (nSPS) is 13.0. The molecule has 1 aromatic carbocycles. The third-order valence-corrected chi connectivity index (χ3v) is 6.34. The van der Waals surface area contributed by atoms with Gasteiger partial charge in [-0.2, -0.15) is 0 Å². The summed E-state index contributed by atoms with van der Waals surface area (Å²) in [5.41, 5.74) is 7.65. The topological polar surface area (TPSA) is 84.2 Å². The van der Waals surface area contributed by atoms with E-state index in [1.54, 1.807) is 12.1 Å². The first-order valence-electron chi connectivity index (χ1n) is 7.78. The lowest BCUT2D eigenvalue weighted by Crippen LogP contribution is -2.34. The Balaban J connectivity index is 1.77. The predicted molar refractivity (Wildman–Crippen MR) is 112 cm³/mol. The molecule has 0 bridgehead atoms. The molecule has 25 heavy (non-hydrogen) atoms. The van der Waals surface area contributed by atoms with Crippen LogP contribution in [-0.2, 0) is 12.8 Å². The van der Waals surface area contributed by atoms with E-state index in [1.165, 1.54) is 16.2 Å². The van der Waals surface area contributed by atoms with E-state index < -0.39 is 5.91 Å². The lowest BCUT2D eigenvalue weighted by Gasteiger charge is -2.12. The van der Waals surface area contributed by atoms with Crippen molar-refractivity contribution < 1.29 is 9.59 Å². The van der Waals surface area contributed by atoms with Crippen LogP contribution in [0.1, 0.15) is 44.0 Å². The summed E-state index contributed by atoms with van der Waals surface area (Å²) in [6.45, 7) is 0. The largest absolute Gasteiger partial charge is 0.365 e. The number of aryl methyl sites for hydroxylation is 1. The number of rotatable bonds is 3. The summed E-state index contributed by atoms with van der Waals surface area (Å²) in [4.78, 5) is 25.4. The second-order valence-electron chi connectivity index (χ2n) is 5.67. The van der Waals surface area contributed by atoms with E-state index in [2.05, 4.69) is 33.2 Å². The van der Waals surface area contributed by atoms with Gasteiger partial charge in [0.05, 0.1) is 11.1 Å². The van der Waals surface area contributed by atoms with Crippen molar-refractivity contribution in [2.75, 3.05) is 5.32 Å². The molecule has 2 amide bonds. The molecule has 0 aliphatic heterocycles. The molecule has 5 nitrogen and oxygen atoms in total. The Hall–Kier alpha value is -1.52. The number of carbonyl (C=O) groups is 2. The van der Waals surface area contributed by atoms with Crippen LogP contribution in [0.15, 0.2) is 24.3 Å². The molecular formula is C17H16IN3O2S2. The van der Waals surface area contributed by atoms with E-state index in [9.17, 15) is 9.59 Å². The SMILES string of the molecule is NC(=O)c1c(NC(=S)NC(=O)c2ccccc2I)sc2c1CCCC2. The molecule has 0 saturated heterocycles. The third kappa shape index (κ3) is 4.01. The minimum atomic E-state index is -0.464. The number of hydrogen-bond acceptors (Lipinski definition) is 4. The van der Waals surface area contributed by atoms with Crippen LogP contribution in [0.2, 0.25) is 0 Å². The highest BCUT2D eigenvalue weighted by Gasteiger charge is 2.24. The van der Waals surface area contributed by atoms with Gasteiger partial charge in [-0.3, -0.25) is 14.9 Å². The van der Waals surface area contributed by atoms with Crippen LogP contribution in [0.3, 0.4) is 0 Å². The van der Waals surface area contributed by atoms with E-state index in [4.69, 9.17) is 18.0 Å². The molecule has 3 rings (SSSR count). The summed E-state index contributed by atoms with van der Waals surface area (Å²) >= 11 is 8.84. The number of thiocarbonyl (C=S) groups is 1. The number of primary amides is 1. The van der Waals surface area contributed by atoms with Gasteiger partial charge in [0.2, 0.25) is 0 Å². The Kier molecular flexibility index (Phi) is 5.70. The zero-order valence-electron chi connectivity index (χ0n) is 13.2. The Morgan fingerprint density at radius 2 is 1.92 bits per heavy atom. The summed E-state index contributed by atoms with van der Waals surface area (Å²) in [5, 5.41) is 6.42. The van der Waals surface area contributed by atoms with E-state index in [1.807, 2.05) is 12.1 Å². The Morgan fingerprint density at radius 3 is 2.64 bits per heavy atom. The summed E-state index contributed by atoms with van der Waals surface area (Å²) in [6, 6.07) is 7.25. The van der Waals surface area contributed by atoms with Gasteiger partial charge in [0.1, 0.15) is 5.00 Å². The number of thiophene rings is 1. The number of nitrogens with one attached hydrogen (secondary N) is 2.